The standard InChI is InChI=1S/C11H16N2/c1-8-10(7-11(8)12-2)9-3-5-13-6-4-9/h3-6,8,10-12H,7H2,1-2H3. The predicted molar refractivity (Wildman–Crippen MR) is 53.6 cm³/mol. The molecule has 0 amide bonds. The molecule has 2 rings (SSSR count). The van der Waals surface area contributed by atoms with Crippen molar-refractivity contribution in [1.29, 1.82) is 0 Å². The molecule has 2 nitrogen and oxygen atoms in total. The summed E-state index contributed by atoms with van der Waals surface area (Å²) in [5.41, 5.74) is 1.44. The molecule has 0 saturated heterocycles. The summed E-state index contributed by atoms with van der Waals surface area (Å²) in [6.07, 6.45) is 5.03. The molecule has 2 heteroatoms. The zero-order valence-corrected chi connectivity index (χ0v) is 8.20. The molecule has 1 aromatic rings. The first-order chi connectivity index (χ1) is 6.33. The van der Waals surface area contributed by atoms with Gasteiger partial charge in [-0.3, -0.25) is 4.98 Å². The van der Waals surface area contributed by atoms with E-state index in [4.69, 9.17) is 0 Å². The van der Waals surface area contributed by atoms with Crippen molar-refractivity contribution < 1.29 is 0 Å². The molecule has 1 fully saturated rings. The number of pyridine rings is 1. The van der Waals surface area contributed by atoms with Crippen molar-refractivity contribution in [3.63, 3.8) is 0 Å². The Hall–Kier alpha value is -0.890. The maximum Gasteiger partial charge on any atom is 0.0270 e. The Balaban J connectivity index is 2.06. The van der Waals surface area contributed by atoms with Crippen molar-refractivity contribution in [3.05, 3.63) is 30.1 Å². The Morgan fingerprint density at radius 3 is 2.62 bits per heavy atom. The molecule has 1 aliphatic carbocycles. The molecule has 13 heavy (non-hydrogen) atoms. The van der Waals surface area contributed by atoms with Crippen LogP contribution in [0.2, 0.25) is 0 Å². The van der Waals surface area contributed by atoms with E-state index < -0.39 is 0 Å². The highest BCUT2D eigenvalue weighted by Gasteiger charge is 2.37. The summed E-state index contributed by atoms with van der Waals surface area (Å²) in [5, 5.41) is 3.34. The molecule has 0 aromatic carbocycles. The summed E-state index contributed by atoms with van der Waals surface area (Å²) < 4.78 is 0. The molecule has 3 atom stereocenters. The topological polar surface area (TPSA) is 24.9 Å². The largest absolute Gasteiger partial charge is 0.317 e. The molecule has 1 N–H and O–H groups in total. The summed E-state index contributed by atoms with van der Waals surface area (Å²) in [5.74, 6) is 1.49. The van der Waals surface area contributed by atoms with E-state index in [0.717, 1.165) is 11.8 Å². The molecule has 0 radical (unpaired) electrons. The number of hydrogen-bond donors (Lipinski definition) is 1. The molecule has 3 unspecified atom stereocenters. The van der Waals surface area contributed by atoms with Crippen LogP contribution in [0.3, 0.4) is 0 Å². The highest BCUT2D eigenvalue weighted by Crippen LogP contribution is 2.41. The minimum Gasteiger partial charge on any atom is -0.317 e. The zero-order valence-electron chi connectivity index (χ0n) is 8.20. The van der Waals surface area contributed by atoms with Gasteiger partial charge in [-0.05, 0) is 43.0 Å². The Kier molecular flexibility index (Phi) is 2.32. The van der Waals surface area contributed by atoms with Crippen LogP contribution in [0.4, 0.5) is 0 Å². The van der Waals surface area contributed by atoms with Gasteiger partial charge in [-0.15, -0.1) is 0 Å². The highest BCUT2D eigenvalue weighted by molar-refractivity contribution is 5.21. The third-order valence-electron chi connectivity index (χ3n) is 3.28. The SMILES string of the molecule is CNC1CC(c2ccncc2)C1C. The first kappa shape index (κ1) is 8.70. The molecule has 1 aliphatic rings. The minimum atomic E-state index is 0.707. The minimum absolute atomic E-state index is 0.707. The second-order valence-corrected chi connectivity index (χ2v) is 3.88. The average molecular weight is 176 g/mol. The second kappa shape index (κ2) is 3.46. The van der Waals surface area contributed by atoms with Gasteiger partial charge >= 0.3 is 0 Å². The van der Waals surface area contributed by atoms with E-state index in [9.17, 15) is 0 Å². The summed E-state index contributed by atoms with van der Waals surface area (Å²) in [6, 6.07) is 4.97. The summed E-state index contributed by atoms with van der Waals surface area (Å²) in [4.78, 5) is 4.03. The Labute approximate surface area is 79.4 Å². The first-order valence-corrected chi connectivity index (χ1v) is 4.90. The molecule has 70 valence electrons. The van der Waals surface area contributed by atoms with Crippen LogP contribution in [0, 0.1) is 5.92 Å². The third-order valence-corrected chi connectivity index (χ3v) is 3.28. The molecule has 1 saturated carbocycles. The molecule has 1 aromatic heterocycles. The summed E-state index contributed by atoms with van der Waals surface area (Å²) in [7, 11) is 2.05. The number of aromatic nitrogens is 1. The molecule has 0 bridgehead atoms. The Bertz CT molecular complexity index is 271. The van der Waals surface area contributed by atoms with Crippen LogP contribution in [0.15, 0.2) is 24.5 Å². The van der Waals surface area contributed by atoms with Crippen LogP contribution in [0.5, 0.6) is 0 Å². The van der Waals surface area contributed by atoms with Crippen molar-refractivity contribution >= 4 is 0 Å². The highest BCUT2D eigenvalue weighted by atomic mass is 14.9. The van der Waals surface area contributed by atoms with Gasteiger partial charge in [0.1, 0.15) is 0 Å². The maximum atomic E-state index is 4.03. The Morgan fingerprint density at radius 2 is 2.08 bits per heavy atom. The van der Waals surface area contributed by atoms with Gasteiger partial charge in [0.15, 0.2) is 0 Å². The molecule has 0 spiro atoms. The lowest BCUT2D eigenvalue weighted by Gasteiger charge is -2.43. The van der Waals surface area contributed by atoms with Crippen LogP contribution in [0.25, 0.3) is 0 Å². The van der Waals surface area contributed by atoms with Gasteiger partial charge in [-0.25, -0.2) is 0 Å². The van der Waals surface area contributed by atoms with Gasteiger partial charge < -0.3 is 5.32 Å². The van der Waals surface area contributed by atoms with Crippen LogP contribution < -0.4 is 5.32 Å². The van der Waals surface area contributed by atoms with Crippen molar-refractivity contribution in [3.8, 4) is 0 Å². The van der Waals surface area contributed by atoms with Crippen LogP contribution in [-0.4, -0.2) is 18.1 Å². The second-order valence-electron chi connectivity index (χ2n) is 3.88. The smallest absolute Gasteiger partial charge is 0.0270 e. The van der Waals surface area contributed by atoms with Gasteiger partial charge in [-0.1, -0.05) is 6.92 Å². The molecular formula is C11H16N2. The van der Waals surface area contributed by atoms with E-state index in [1.54, 1.807) is 0 Å². The molecule has 0 aliphatic heterocycles. The van der Waals surface area contributed by atoms with Gasteiger partial charge in [0, 0.05) is 18.4 Å². The molecular weight excluding hydrogens is 160 g/mol. The van der Waals surface area contributed by atoms with Crippen LogP contribution in [0.1, 0.15) is 24.8 Å². The van der Waals surface area contributed by atoms with E-state index >= 15 is 0 Å². The fourth-order valence-corrected chi connectivity index (χ4v) is 2.22. The summed E-state index contributed by atoms with van der Waals surface area (Å²) in [6.45, 7) is 2.32. The predicted octanol–water partition coefficient (Wildman–Crippen LogP) is 1.79. The van der Waals surface area contributed by atoms with E-state index in [0.29, 0.717) is 6.04 Å². The third kappa shape index (κ3) is 1.46. The fourth-order valence-electron chi connectivity index (χ4n) is 2.22. The van der Waals surface area contributed by atoms with Gasteiger partial charge in [-0.2, -0.15) is 0 Å². The van der Waals surface area contributed by atoms with E-state index in [2.05, 4.69) is 29.4 Å². The maximum absolute atomic E-state index is 4.03. The monoisotopic (exact) mass is 176 g/mol. The van der Waals surface area contributed by atoms with Gasteiger partial charge in [0.2, 0.25) is 0 Å². The number of rotatable bonds is 2. The lowest BCUT2D eigenvalue weighted by molar-refractivity contribution is 0.194. The average Bonchev–Trinajstić information content (AvgIpc) is 2.18. The lowest BCUT2D eigenvalue weighted by Crippen LogP contribution is -2.46. The van der Waals surface area contributed by atoms with Gasteiger partial charge in [0.05, 0.1) is 0 Å². The quantitative estimate of drug-likeness (QED) is 0.743. The van der Waals surface area contributed by atoms with Crippen LogP contribution >= 0.6 is 0 Å². The number of hydrogen-bond acceptors (Lipinski definition) is 2. The normalized spacial score (nSPS) is 32.6. The van der Waals surface area contributed by atoms with E-state index in [-0.39, 0.29) is 0 Å². The Morgan fingerprint density at radius 1 is 1.38 bits per heavy atom. The number of nitrogens with zero attached hydrogens (tertiary/aromatic N) is 1. The van der Waals surface area contributed by atoms with Crippen molar-refractivity contribution in [2.45, 2.75) is 25.3 Å². The van der Waals surface area contributed by atoms with Crippen molar-refractivity contribution in [2.75, 3.05) is 7.05 Å². The van der Waals surface area contributed by atoms with Crippen molar-refractivity contribution in [2.24, 2.45) is 5.92 Å². The molecule has 1 heterocycles. The van der Waals surface area contributed by atoms with Crippen LogP contribution in [-0.2, 0) is 0 Å². The lowest BCUT2D eigenvalue weighted by atomic mass is 9.67. The number of nitrogens with one attached hydrogen (secondary N) is 1. The zero-order chi connectivity index (χ0) is 9.26. The fraction of sp³-hybridized carbons (Fsp3) is 0.545. The first-order valence-electron chi connectivity index (χ1n) is 4.90. The summed E-state index contributed by atoms with van der Waals surface area (Å²) >= 11 is 0. The van der Waals surface area contributed by atoms with Gasteiger partial charge in [0.25, 0.3) is 0 Å². The van der Waals surface area contributed by atoms with E-state index in [1.165, 1.54) is 12.0 Å². The van der Waals surface area contributed by atoms with Crippen molar-refractivity contribution in [1.82, 2.24) is 10.3 Å². The van der Waals surface area contributed by atoms with E-state index in [1.807, 2.05) is 19.4 Å².